The normalized spacial score (nSPS) is 14.8. The van der Waals surface area contributed by atoms with E-state index in [4.69, 9.17) is 5.73 Å². The van der Waals surface area contributed by atoms with E-state index >= 15 is 0 Å². The fourth-order valence-electron chi connectivity index (χ4n) is 1.96. The third-order valence-corrected chi connectivity index (χ3v) is 3.16. The van der Waals surface area contributed by atoms with Crippen molar-refractivity contribution >= 4 is 5.82 Å². The number of anilines is 1. The van der Waals surface area contributed by atoms with Gasteiger partial charge in [0.15, 0.2) is 0 Å². The molecule has 1 aliphatic rings. The summed E-state index contributed by atoms with van der Waals surface area (Å²) in [5.41, 5.74) is 8.06. The summed E-state index contributed by atoms with van der Waals surface area (Å²) in [7, 11) is 0. The maximum Gasteiger partial charge on any atom is 0.134 e. The molecule has 1 saturated carbocycles. The Morgan fingerprint density at radius 3 is 2.67 bits per heavy atom. The number of hydrogen-bond donors (Lipinski definition) is 1. The number of aromatic nitrogens is 2. The van der Waals surface area contributed by atoms with E-state index in [1.54, 1.807) is 25.1 Å². The predicted octanol–water partition coefficient (Wildman–Crippen LogP) is 3.05. The molecule has 0 amide bonds. The predicted molar refractivity (Wildman–Crippen MR) is 68.6 cm³/mol. The first kappa shape index (κ1) is 11.1. The maximum atomic E-state index is 13.3. The Balaban J connectivity index is 2.07. The van der Waals surface area contributed by atoms with E-state index in [9.17, 15) is 4.39 Å². The average Bonchev–Trinajstić information content (AvgIpc) is 3.16. The molecule has 0 aliphatic heterocycles. The third-order valence-electron chi connectivity index (χ3n) is 3.16. The monoisotopic (exact) mass is 243 g/mol. The summed E-state index contributed by atoms with van der Waals surface area (Å²) in [4.78, 5) is 8.78. The lowest BCUT2D eigenvalue weighted by atomic mass is 10.1. The Labute approximate surface area is 105 Å². The van der Waals surface area contributed by atoms with Gasteiger partial charge in [-0.1, -0.05) is 0 Å². The minimum Gasteiger partial charge on any atom is -0.384 e. The van der Waals surface area contributed by atoms with Crippen LogP contribution in [0.4, 0.5) is 10.2 Å². The second kappa shape index (κ2) is 4.05. The van der Waals surface area contributed by atoms with Gasteiger partial charge in [-0.15, -0.1) is 0 Å². The molecule has 1 fully saturated rings. The van der Waals surface area contributed by atoms with Crippen molar-refractivity contribution in [1.29, 1.82) is 0 Å². The van der Waals surface area contributed by atoms with Crippen molar-refractivity contribution in [3.05, 3.63) is 41.5 Å². The van der Waals surface area contributed by atoms with Crippen LogP contribution in [0.5, 0.6) is 0 Å². The lowest BCUT2D eigenvalue weighted by Crippen LogP contribution is -2.00. The number of nitrogen functional groups attached to an aromatic ring is 1. The molecule has 3 nitrogen and oxygen atoms in total. The quantitative estimate of drug-likeness (QED) is 0.882. The molecule has 0 radical (unpaired) electrons. The van der Waals surface area contributed by atoms with Gasteiger partial charge in [0.2, 0.25) is 0 Å². The molecule has 3 rings (SSSR count). The standard InChI is InChI=1S/C14H14FN3/c1-8-6-10(4-5-11(8)15)12-7-13(16)18-14(17-12)9-2-3-9/h4-7,9H,2-3H2,1H3,(H2,16,17,18). The van der Waals surface area contributed by atoms with Crippen LogP contribution >= 0.6 is 0 Å². The summed E-state index contributed by atoms with van der Waals surface area (Å²) in [6.45, 7) is 1.74. The molecule has 0 atom stereocenters. The molecule has 92 valence electrons. The highest BCUT2D eigenvalue weighted by Gasteiger charge is 2.27. The zero-order valence-corrected chi connectivity index (χ0v) is 10.2. The van der Waals surface area contributed by atoms with Crippen molar-refractivity contribution in [2.75, 3.05) is 5.73 Å². The third kappa shape index (κ3) is 2.06. The van der Waals surface area contributed by atoms with E-state index in [1.165, 1.54) is 6.07 Å². The van der Waals surface area contributed by atoms with Crippen LogP contribution in [0.2, 0.25) is 0 Å². The van der Waals surface area contributed by atoms with Gasteiger partial charge in [0.1, 0.15) is 17.5 Å². The van der Waals surface area contributed by atoms with E-state index in [-0.39, 0.29) is 5.82 Å². The topological polar surface area (TPSA) is 51.8 Å². The van der Waals surface area contributed by atoms with Gasteiger partial charge >= 0.3 is 0 Å². The largest absolute Gasteiger partial charge is 0.384 e. The highest BCUT2D eigenvalue weighted by Crippen LogP contribution is 2.39. The first-order valence-electron chi connectivity index (χ1n) is 6.04. The van der Waals surface area contributed by atoms with Crippen LogP contribution in [0, 0.1) is 12.7 Å². The fourth-order valence-corrected chi connectivity index (χ4v) is 1.96. The minimum absolute atomic E-state index is 0.205. The smallest absolute Gasteiger partial charge is 0.134 e. The Morgan fingerprint density at radius 2 is 2.00 bits per heavy atom. The van der Waals surface area contributed by atoms with Crippen molar-refractivity contribution in [1.82, 2.24) is 9.97 Å². The molecule has 1 aliphatic carbocycles. The minimum atomic E-state index is -0.205. The van der Waals surface area contributed by atoms with Crippen molar-refractivity contribution < 1.29 is 4.39 Å². The van der Waals surface area contributed by atoms with Gasteiger partial charge in [-0.3, -0.25) is 0 Å². The van der Waals surface area contributed by atoms with Crippen LogP contribution in [0.25, 0.3) is 11.3 Å². The molecule has 0 saturated heterocycles. The summed E-state index contributed by atoms with van der Waals surface area (Å²) in [5, 5.41) is 0. The second-order valence-electron chi connectivity index (χ2n) is 4.77. The average molecular weight is 243 g/mol. The van der Waals surface area contributed by atoms with E-state index in [2.05, 4.69) is 9.97 Å². The fraction of sp³-hybridized carbons (Fsp3) is 0.286. The molecule has 1 aromatic carbocycles. The van der Waals surface area contributed by atoms with Gasteiger partial charge < -0.3 is 5.73 Å². The molecule has 1 heterocycles. The molecule has 0 spiro atoms. The van der Waals surface area contributed by atoms with Crippen LogP contribution in [0.1, 0.15) is 30.1 Å². The van der Waals surface area contributed by atoms with Crippen molar-refractivity contribution in [3.8, 4) is 11.3 Å². The van der Waals surface area contributed by atoms with Crippen LogP contribution < -0.4 is 5.73 Å². The van der Waals surface area contributed by atoms with Crippen LogP contribution in [-0.4, -0.2) is 9.97 Å². The molecule has 18 heavy (non-hydrogen) atoms. The Morgan fingerprint density at radius 1 is 1.22 bits per heavy atom. The van der Waals surface area contributed by atoms with E-state index in [0.29, 0.717) is 17.3 Å². The zero-order valence-electron chi connectivity index (χ0n) is 10.2. The molecule has 1 aromatic heterocycles. The summed E-state index contributed by atoms with van der Waals surface area (Å²) >= 11 is 0. The second-order valence-corrected chi connectivity index (χ2v) is 4.77. The van der Waals surface area contributed by atoms with E-state index in [1.807, 2.05) is 0 Å². The molecule has 0 unspecified atom stereocenters. The SMILES string of the molecule is Cc1cc(-c2cc(N)nc(C3CC3)n2)ccc1F. The van der Waals surface area contributed by atoms with Crippen LogP contribution in [-0.2, 0) is 0 Å². The van der Waals surface area contributed by atoms with E-state index < -0.39 is 0 Å². The Kier molecular flexibility index (Phi) is 2.51. The first-order valence-corrected chi connectivity index (χ1v) is 6.04. The first-order chi connectivity index (χ1) is 8.63. The number of aryl methyl sites for hydroxylation is 1. The van der Waals surface area contributed by atoms with E-state index in [0.717, 1.165) is 29.9 Å². The molecule has 2 N–H and O–H groups in total. The number of nitrogens with zero attached hydrogens (tertiary/aromatic N) is 2. The van der Waals surface area contributed by atoms with Crippen molar-refractivity contribution in [2.24, 2.45) is 0 Å². The molecule has 4 heteroatoms. The van der Waals surface area contributed by atoms with Gasteiger partial charge in [0, 0.05) is 17.5 Å². The highest BCUT2D eigenvalue weighted by molar-refractivity contribution is 5.62. The highest BCUT2D eigenvalue weighted by atomic mass is 19.1. The van der Waals surface area contributed by atoms with Gasteiger partial charge in [-0.2, -0.15) is 0 Å². The maximum absolute atomic E-state index is 13.3. The number of halogens is 1. The van der Waals surface area contributed by atoms with Gasteiger partial charge in [0.05, 0.1) is 5.69 Å². The van der Waals surface area contributed by atoms with Crippen LogP contribution in [0.15, 0.2) is 24.3 Å². The Bertz CT molecular complexity index is 606. The van der Waals surface area contributed by atoms with Crippen molar-refractivity contribution in [3.63, 3.8) is 0 Å². The molecule has 0 bridgehead atoms. The zero-order chi connectivity index (χ0) is 12.7. The summed E-state index contributed by atoms with van der Waals surface area (Å²) in [5.74, 6) is 1.54. The molecule has 2 aromatic rings. The van der Waals surface area contributed by atoms with Crippen molar-refractivity contribution in [2.45, 2.75) is 25.7 Å². The number of benzene rings is 1. The van der Waals surface area contributed by atoms with Crippen LogP contribution in [0.3, 0.4) is 0 Å². The van der Waals surface area contributed by atoms with Gasteiger partial charge in [-0.05, 0) is 43.5 Å². The number of hydrogen-bond acceptors (Lipinski definition) is 3. The van der Waals surface area contributed by atoms with Gasteiger partial charge in [0.25, 0.3) is 0 Å². The Hall–Kier alpha value is -1.97. The molecular formula is C14H14FN3. The lowest BCUT2D eigenvalue weighted by molar-refractivity contribution is 0.619. The lowest BCUT2D eigenvalue weighted by Gasteiger charge is -2.06. The number of nitrogens with two attached hydrogens (primary N) is 1. The van der Waals surface area contributed by atoms with Gasteiger partial charge in [-0.25, -0.2) is 14.4 Å². The summed E-state index contributed by atoms with van der Waals surface area (Å²) < 4.78 is 13.3. The number of rotatable bonds is 2. The molecular weight excluding hydrogens is 229 g/mol. The summed E-state index contributed by atoms with van der Waals surface area (Å²) in [6.07, 6.45) is 2.26. The summed E-state index contributed by atoms with van der Waals surface area (Å²) in [6, 6.07) is 6.70.